The van der Waals surface area contributed by atoms with E-state index in [1.165, 1.54) is 0 Å². The van der Waals surface area contributed by atoms with Crippen molar-refractivity contribution in [1.82, 2.24) is 0 Å². The Hall–Kier alpha value is -3.98. The van der Waals surface area contributed by atoms with E-state index < -0.39 is 5.09 Å². The summed E-state index contributed by atoms with van der Waals surface area (Å²) in [4.78, 5) is 68.6. The third-order valence-corrected chi connectivity index (χ3v) is 3.66. The van der Waals surface area contributed by atoms with E-state index >= 15 is 0 Å². The second-order valence-electron chi connectivity index (χ2n) is 12.6. The monoisotopic (exact) mass is 670 g/mol. The molecule has 0 radical (unpaired) electrons. The summed E-state index contributed by atoms with van der Waals surface area (Å²) in [5.74, 6) is 1.13. The van der Waals surface area contributed by atoms with E-state index in [9.17, 15) is 28.8 Å². The van der Waals surface area contributed by atoms with E-state index in [0.29, 0.717) is 74.0 Å². The molecular formula is C30H67N7O9. The molecule has 0 aliphatic rings. The minimum absolute atomic E-state index is 0.213. The van der Waals surface area contributed by atoms with Gasteiger partial charge in [0, 0.05) is 38.5 Å². The van der Waals surface area contributed by atoms with Crippen LogP contribution in [0, 0.1) is 45.6 Å². The van der Waals surface area contributed by atoms with Crippen LogP contribution in [0.5, 0.6) is 0 Å². The van der Waals surface area contributed by atoms with Gasteiger partial charge in [0.25, 0.3) is 5.09 Å². The van der Waals surface area contributed by atoms with Crippen molar-refractivity contribution in [3.63, 3.8) is 0 Å². The number of nitrogens with two attached hydrogens (primary N) is 6. The molecule has 0 saturated heterocycles. The lowest BCUT2D eigenvalue weighted by Gasteiger charge is -1.95. The Balaban J connectivity index is -0.0000000776. The number of carbonyl (C=O) groups excluding carboxylic acids is 6. The van der Waals surface area contributed by atoms with Gasteiger partial charge in [0.1, 0.15) is 0 Å². The summed E-state index contributed by atoms with van der Waals surface area (Å²) in [6.45, 7) is 23.6. The topological polar surface area (TPSA) is 322 Å². The van der Waals surface area contributed by atoms with Crippen molar-refractivity contribution in [2.45, 2.75) is 122 Å². The fourth-order valence-electron chi connectivity index (χ4n) is 2.41. The van der Waals surface area contributed by atoms with Gasteiger partial charge < -0.3 is 39.6 Å². The molecule has 0 aromatic rings. The number of amides is 6. The lowest BCUT2D eigenvalue weighted by molar-refractivity contribution is -0.742. The summed E-state index contributed by atoms with van der Waals surface area (Å²) in [6.07, 6.45) is 3.00. The number of hydrogen-bond donors (Lipinski definition) is 7. The minimum atomic E-state index is -1.50. The summed E-state index contributed by atoms with van der Waals surface area (Å²) in [6, 6.07) is 0. The highest BCUT2D eigenvalue weighted by atomic mass is 16.9. The molecule has 0 aromatic carbocycles. The zero-order valence-corrected chi connectivity index (χ0v) is 30.3. The number of nitrogens with zero attached hydrogens (tertiary/aromatic N) is 1. The molecule has 0 bridgehead atoms. The highest BCUT2D eigenvalue weighted by Gasteiger charge is 1.99. The van der Waals surface area contributed by atoms with Gasteiger partial charge in [0.15, 0.2) is 0 Å². The van der Waals surface area contributed by atoms with Gasteiger partial charge in [-0.2, -0.15) is 0 Å². The second-order valence-corrected chi connectivity index (χ2v) is 12.6. The SMILES string of the molecule is CC(C)CC(N)=O.CC(C)CC(N)=O.CC(C)CC(N)=O.CC(C)CC(N)=O.CC(C)CC(N)=O.CC(C)CC(N)=O.O=[N+]([O-])O. The van der Waals surface area contributed by atoms with Crippen molar-refractivity contribution in [2.75, 3.05) is 0 Å². The molecule has 46 heavy (non-hydrogen) atoms. The second kappa shape index (κ2) is 39.0. The molecule has 0 aliphatic heterocycles. The Kier molecular flexibility index (Phi) is 48.9. The summed E-state index contributed by atoms with van der Waals surface area (Å²) >= 11 is 0. The fourth-order valence-corrected chi connectivity index (χ4v) is 2.41. The Bertz CT molecular complexity index is 657. The molecule has 0 unspecified atom stereocenters. The third-order valence-electron chi connectivity index (χ3n) is 3.66. The largest absolute Gasteiger partial charge is 0.370 e. The van der Waals surface area contributed by atoms with Crippen molar-refractivity contribution in [3.8, 4) is 0 Å². The van der Waals surface area contributed by atoms with E-state index in [0.717, 1.165) is 0 Å². The standard InChI is InChI=1S/6C5H11NO.HNO3/c6*1-4(2)3-5(6)7;2-1(3)4/h6*4H,3H2,1-2H3,(H2,6,7);(H,2,3,4). The highest BCUT2D eigenvalue weighted by Crippen LogP contribution is 1.98. The smallest absolute Gasteiger partial charge is 0.291 e. The Morgan fingerprint density at radius 2 is 0.478 bits per heavy atom. The molecule has 16 nitrogen and oxygen atoms in total. The van der Waals surface area contributed by atoms with Crippen molar-refractivity contribution in [1.29, 1.82) is 0 Å². The van der Waals surface area contributed by atoms with Gasteiger partial charge in [0.2, 0.25) is 35.4 Å². The maximum Gasteiger partial charge on any atom is 0.291 e. The van der Waals surface area contributed by atoms with Crippen LogP contribution < -0.4 is 34.4 Å². The third kappa shape index (κ3) is 152. The number of rotatable bonds is 12. The summed E-state index contributed by atoms with van der Waals surface area (Å²) in [5.41, 5.74) is 29.1. The first-order valence-electron chi connectivity index (χ1n) is 15.0. The average Bonchev–Trinajstić information content (AvgIpc) is 2.69. The molecule has 13 N–H and O–H groups in total. The van der Waals surface area contributed by atoms with Crippen LogP contribution in [0.25, 0.3) is 0 Å². The predicted molar refractivity (Wildman–Crippen MR) is 181 cm³/mol. The molecule has 0 fully saturated rings. The molecule has 16 heteroatoms. The van der Waals surface area contributed by atoms with Crippen LogP contribution in [0.1, 0.15) is 122 Å². The van der Waals surface area contributed by atoms with E-state index in [1.54, 1.807) is 0 Å². The van der Waals surface area contributed by atoms with Crippen LogP contribution >= 0.6 is 0 Å². The van der Waals surface area contributed by atoms with Crippen LogP contribution in [0.2, 0.25) is 0 Å². The Morgan fingerprint density at radius 1 is 0.413 bits per heavy atom. The molecule has 0 heterocycles. The van der Waals surface area contributed by atoms with E-state index in [-0.39, 0.29) is 35.4 Å². The number of carbonyl (C=O) groups is 6. The Morgan fingerprint density at radius 3 is 0.478 bits per heavy atom. The van der Waals surface area contributed by atoms with Gasteiger partial charge in [-0.25, -0.2) is 0 Å². The average molecular weight is 670 g/mol. The molecule has 0 rings (SSSR count). The first kappa shape index (κ1) is 57.7. The van der Waals surface area contributed by atoms with Gasteiger partial charge in [-0.15, -0.1) is 10.1 Å². The quantitative estimate of drug-likeness (QED) is 0.118. The molecule has 6 amide bonds. The van der Waals surface area contributed by atoms with Crippen LogP contribution in [0.3, 0.4) is 0 Å². The zero-order valence-electron chi connectivity index (χ0n) is 30.3. The van der Waals surface area contributed by atoms with Gasteiger partial charge >= 0.3 is 0 Å². The Labute approximate surface area is 276 Å². The van der Waals surface area contributed by atoms with Crippen LogP contribution in [-0.2, 0) is 28.8 Å². The van der Waals surface area contributed by atoms with Crippen molar-refractivity contribution < 1.29 is 39.1 Å². The molecule has 276 valence electrons. The normalized spacial score (nSPS) is 9.26. The molecule has 0 spiro atoms. The van der Waals surface area contributed by atoms with Gasteiger partial charge in [-0.1, -0.05) is 83.1 Å². The fraction of sp³-hybridized carbons (Fsp3) is 0.800. The number of primary amides is 6. The van der Waals surface area contributed by atoms with Crippen LogP contribution in [0.4, 0.5) is 0 Å². The molecule has 0 saturated carbocycles. The first-order valence-corrected chi connectivity index (χ1v) is 15.0. The van der Waals surface area contributed by atoms with E-state index in [2.05, 4.69) is 0 Å². The minimum Gasteiger partial charge on any atom is -0.370 e. The van der Waals surface area contributed by atoms with E-state index in [1.807, 2.05) is 83.1 Å². The maximum atomic E-state index is 10.0. The predicted octanol–water partition coefficient (Wildman–Crippen LogP) is 2.76. The lowest BCUT2D eigenvalue weighted by Crippen LogP contribution is -2.12. The molecular weight excluding hydrogens is 602 g/mol. The van der Waals surface area contributed by atoms with E-state index in [4.69, 9.17) is 49.7 Å². The molecule has 0 aliphatic carbocycles. The number of hydrogen-bond acceptors (Lipinski definition) is 8. The van der Waals surface area contributed by atoms with Gasteiger partial charge in [0.05, 0.1) is 0 Å². The molecule has 0 atom stereocenters. The van der Waals surface area contributed by atoms with Crippen LogP contribution in [-0.4, -0.2) is 45.7 Å². The molecule has 0 aromatic heterocycles. The first-order chi connectivity index (χ1) is 20.5. The zero-order chi connectivity index (χ0) is 38.7. The summed E-state index contributed by atoms with van der Waals surface area (Å²) in [5, 5.41) is 13.6. The van der Waals surface area contributed by atoms with Crippen molar-refractivity contribution >= 4 is 35.4 Å². The highest BCUT2D eigenvalue weighted by molar-refractivity contribution is 5.75. The van der Waals surface area contributed by atoms with Gasteiger partial charge in [-0.3, -0.25) is 28.8 Å². The maximum absolute atomic E-state index is 10.0. The summed E-state index contributed by atoms with van der Waals surface area (Å²) in [7, 11) is 0. The lowest BCUT2D eigenvalue weighted by atomic mass is 10.1. The summed E-state index contributed by atoms with van der Waals surface area (Å²) < 4.78 is 0. The van der Waals surface area contributed by atoms with Crippen molar-refractivity contribution in [3.05, 3.63) is 10.1 Å². The van der Waals surface area contributed by atoms with Crippen LogP contribution in [0.15, 0.2) is 0 Å². The van der Waals surface area contributed by atoms with Gasteiger partial charge in [-0.05, 0) is 35.5 Å². The van der Waals surface area contributed by atoms with Crippen molar-refractivity contribution in [2.24, 2.45) is 69.9 Å².